The van der Waals surface area contributed by atoms with Crippen molar-refractivity contribution >= 4 is 23.4 Å². The predicted molar refractivity (Wildman–Crippen MR) is 99.4 cm³/mol. The molecule has 0 spiro atoms. The molecule has 2 aromatic rings. The van der Waals surface area contributed by atoms with Gasteiger partial charge in [0, 0.05) is 12.5 Å². The van der Waals surface area contributed by atoms with E-state index in [0.29, 0.717) is 17.4 Å². The number of amides is 1. The summed E-state index contributed by atoms with van der Waals surface area (Å²) in [7, 11) is 1.60. The SMILES string of the molecule is CCn1c(S[C@H](C)C(=O)Nc2cc(C)ccc2OC)nnc1C1CC1. The molecule has 0 radical (unpaired) electrons. The van der Waals surface area contributed by atoms with Gasteiger partial charge in [-0.3, -0.25) is 4.79 Å². The van der Waals surface area contributed by atoms with Gasteiger partial charge in [-0.2, -0.15) is 0 Å². The molecular weight excluding hydrogens is 336 g/mol. The molecule has 1 aromatic carbocycles. The number of nitrogens with one attached hydrogen (secondary N) is 1. The summed E-state index contributed by atoms with van der Waals surface area (Å²) in [6.07, 6.45) is 2.37. The smallest absolute Gasteiger partial charge is 0.237 e. The van der Waals surface area contributed by atoms with Crippen LogP contribution in [0.3, 0.4) is 0 Å². The molecule has 1 fully saturated rings. The zero-order chi connectivity index (χ0) is 18.0. The number of hydrogen-bond donors (Lipinski definition) is 1. The number of rotatable bonds is 7. The van der Waals surface area contributed by atoms with E-state index in [4.69, 9.17) is 4.74 Å². The highest BCUT2D eigenvalue weighted by Gasteiger charge is 2.30. The molecule has 3 rings (SSSR count). The van der Waals surface area contributed by atoms with Gasteiger partial charge in [-0.1, -0.05) is 17.8 Å². The van der Waals surface area contributed by atoms with Crippen molar-refractivity contribution in [1.82, 2.24) is 14.8 Å². The van der Waals surface area contributed by atoms with Crippen LogP contribution in [0.1, 0.15) is 44.0 Å². The van der Waals surface area contributed by atoms with Crippen molar-refractivity contribution in [2.45, 2.75) is 56.5 Å². The highest BCUT2D eigenvalue weighted by molar-refractivity contribution is 8.00. The van der Waals surface area contributed by atoms with Gasteiger partial charge in [0.05, 0.1) is 18.0 Å². The van der Waals surface area contributed by atoms with Gasteiger partial charge in [-0.05, 0) is 51.3 Å². The zero-order valence-corrected chi connectivity index (χ0v) is 15.9. The zero-order valence-electron chi connectivity index (χ0n) is 15.1. The fourth-order valence-electron chi connectivity index (χ4n) is 2.69. The van der Waals surface area contributed by atoms with Crippen LogP contribution < -0.4 is 10.1 Å². The van der Waals surface area contributed by atoms with Crippen molar-refractivity contribution in [3.8, 4) is 5.75 Å². The molecule has 1 atom stereocenters. The summed E-state index contributed by atoms with van der Waals surface area (Å²) < 4.78 is 7.45. The van der Waals surface area contributed by atoms with Crippen LogP contribution in [0.4, 0.5) is 5.69 Å². The number of benzene rings is 1. The first-order chi connectivity index (χ1) is 12.0. The lowest BCUT2D eigenvalue weighted by Gasteiger charge is -2.15. The third-order valence-electron chi connectivity index (χ3n) is 4.27. The molecule has 0 aliphatic heterocycles. The molecule has 134 valence electrons. The van der Waals surface area contributed by atoms with Gasteiger partial charge >= 0.3 is 0 Å². The fraction of sp³-hybridized carbons (Fsp3) is 0.500. The number of aryl methyl sites for hydroxylation is 1. The normalized spacial score (nSPS) is 15.0. The van der Waals surface area contributed by atoms with Gasteiger partial charge in [0.25, 0.3) is 0 Å². The Balaban J connectivity index is 1.70. The molecule has 1 aliphatic carbocycles. The van der Waals surface area contributed by atoms with Crippen molar-refractivity contribution in [2.24, 2.45) is 0 Å². The number of aromatic nitrogens is 3. The van der Waals surface area contributed by atoms with E-state index in [9.17, 15) is 4.79 Å². The molecule has 0 saturated heterocycles. The van der Waals surface area contributed by atoms with Crippen LogP contribution >= 0.6 is 11.8 Å². The van der Waals surface area contributed by atoms with E-state index >= 15 is 0 Å². The summed E-state index contributed by atoms with van der Waals surface area (Å²) in [6.45, 7) is 6.77. The van der Waals surface area contributed by atoms with Crippen molar-refractivity contribution in [3.63, 3.8) is 0 Å². The molecule has 1 aromatic heterocycles. The van der Waals surface area contributed by atoms with E-state index in [1.165, 1.54) is 24.6 Å². The standard InChI is InChI=1S/C18H24N4O2S/c1-5-22-16(13-7-8-13)20-21-18(22)25-12(3)17(23)19-14-10-11(2)6-9-15(14)24-4/h6,9-10,12-13H,5,7-8H2,1-4H3,(H,19,23)/t12-/m1/s1. The van der Waals surface area contributed by atoms with Crippen molar-refractivity contribution in [2.75, 3.05) is 12.4 Å². The predicted octanol–water partition coefficient (Wildman–Crippen LogP) is 3.61. The second kappa shape index (κ2) is 7.47. The minimum Gasteiger partial charge on any atom is -0.495 e. The quantitative estimate of drug-likeness (QED) is 0.764. The Labute approximate surface area is 152 Å². The molecule has 1 saturated carbocycles. The summed E-state index contributed by atoms with van der Waals surface area (Å²) in [5, 5.41) is 12.1. The number of thioether (sulfide) groups is 1. The Morgan fingerprint density at radius 1 is 1.44 bits per heavy atom. The summed E-state index contributed by atoms with van der Waals surface area (Å²) in [6, 6.07) is 5.72. The largest absolute Gasteiger partial charge is 0.495 e. The Morgan fingerprint density at radius 3 is 2.84 bits per heavy atom. The van der Waals surface area contributed by atoms with Crippen LogP contribution in [0, 0.1) is 6.92 Å². The molecule has 7 heteroatoms. The molecule has 1 N–H and O–H groups in total. The van der Waals surface area contributed by atoms with Crippen LogP contribution in [0.2, 0.25) is 0 Å². The van der Waals surface area contributed by atoms with E-state index < -0.39 is 0 Å². The highest BCUT2D eigenvalue weighted by Crippen LogP contribution is 2.40. The maximum Gasteiger partial charge on any atom is 0.237 e. The fourth-order valence-corrected chi connectivity index (χ4v) is 3.61. The van der Waals surface area contributed by atoms with Gasteiger partial charge in [-0.15, -0.1) is 10.2 Å². The highest BCUT2D eigenvalue weighted by atomic mass is 32.2. The first kappa shape index (κ1) is 17.8. The van der Waals surface area contributed by atoms with Crippen molar-refractivity contribution in [1.29, 1.82) is 0 Å². The molecule has 25 heavy (non-hydrogen) atoms. The lowest BCUT2D eigenvalue weighted by Crippen LogP contribution is -2.23. The average molecular weight is 360 g/mol. The molecule has 1 heterocycles. The molecule has 1 aliphatic rings. The Kier molecular flexibility index (Phi) is 5.32. The lowest BCUT2D eigenvalue weighted by atomic mass is 10.2. The van der Waals surface area contributed by atoms with Gasteiger partial charge < -0.3 is 14.6 Å². The Morgan fingerprint density at radius 2 is 2.20 bits per heavy atom. The molecule has 1 amide bonds. The van der Waals surface area contributed by atoms with Crippen LogP contribution in [0.15, 0.2) is 23.4 Å². The summed E-state index contributed by atoms with van der Waals surface area (Å²) in [4.78, 5) is 12.6. The van der Waals surface area contributed by atoms with E-state index in [1.54, 1.807) is 7.11 Å². The minimum atomic E-state index is -0.285. The van der Waals surface area contributed by atoms with E-state index in [-0.39, 0.29) is 11.2 Å². The number of carbonyl (C=O) groups excluding carboxylic acids is 1. The molecule has 0 unspecified atom stereocenters. The number of methoxy groups -OCH3 is 1. The monoisotopic (exact) mass is 360 g/mol. The third-order valence-corrected chi connectivity index (χ3v) is 5.35. The molecule has 0 bridgehead atoms. The number of nitrogens with zero attached hydrogens (tertiary/aromatic N) is 3. The lowest BCUT2D eigenvalue weighted by molar-refractivity contribution is -0.115. The second-order valence-corrected chi connectivity index (χ2v) is 7.62. The number of ether oxygens (including phenoxy) is 1. The minimum absolute atomic E-state index is 0.0764. The molecular formula is C18H24N4O2S. The Hall–Kier alpha value is -2.02. The van der Waals surface area contributed by atoms with Crippen LogP contribution in [0.25, 0.3) is 0 Å². The maximum atomic E-state index is 12.6. The summed E-state index contributed by atoms with van der Waals surface area (Å²) in [5.74, 6) is 2.18. The van der Waals surface area contributed by atoms with E-state index in [2.05, 4.69) is 27.0 Å². The van der Waals surface area contributed by atoms with Gasteiger partial charge in [0.15, 0.2) is 5.16 Å². The Bertz CT molecular complexity index is 770. The first-order valence-electron chi connectivity index (χ1n) is 8.58. The van der Waals surface area contributed by atoms with Crippen molar-refractivity contribution < 1.29 is 9.53 Å². The first-order valence-corrected chi connectivity index (χ1v) is 9.46. The third kappa shape index (κ3) is 3.98. The van der Waals surface area contributed by atoms with Crippen molar-refractivity contribution in [3.05, 3.63) is 29.6 Å². The van der Waals surface area contributed by atoms with Crippen LogP contribution in [-0.2, 0) is 11.3 Å². The average Bonchev–Trinajstić information content (AvgIpc) is 3.36. The number of hydrogen-bond acceptors (Lipinski definition) is 5. The number of anilines is 1. The number of carbonyl (C=O) groups is 1. The maximum absolute atomic E-state index is 12.6. The van der Waals surface area contributed by atoms with Crippen LogP contribution in [-0.4, -0.2) is 33.0 Å². The van der Waals surface area contributed by atoms with Gasteiger partial charge in [0.1, 0.15) is 11.6 Å². The topological polar surface area (TPSA) is 69.0 Å². The van der Waals surface area contributed by atoms with Crippen LogP contribution in [0.5, 0.6) is 5.75 Å². The van der Waals surface area contributed by atoms with Gasteiger partial charge in [0.2, 0.25) is 5.91 Å². The van der Waals surface area contributed by atoms with E-state index in [1.807, 2.05) is 32.0 Å². The second-order valence-electron chi connectivity index (χ2n) is 6.31. The molecule has 6 nitrogen and oxygen atoms in total. The summed E-state index contributed by atoms with van der Waals surface area (Å²) in [5.41, 5.74) is 1.76. The van der Waals surface area contributed by atoms with Gasteiger partial charge in [-0.25, -0.2) is 0 Å². The summed E-state index contributed by atoms with van der Waals surface area (Å²) >= 11 is 1.44. The van der Waals surface area contributed by atoms with E-state index in [0.717, 1.165) is 23.1 Å².